The van der Waals surface area contributed by atoms with Gasteiger partial charge in [-0.2, -0.15) is 0 Å². The average molecular weight is 273 g/mol. The lowest BCUT2D eigenvalue weighted by Crippen LogP contribution is -2.15. The molecule has 0 amide bonds. The minimum absolute atomic E-state index is 0.166. The van der Waals surface area contributed by atoms with Crippen LogP contribution in [0.3, 0.4) is 0 Å². The molecular weight excluding hydrogens is 250 g/mol. The molecule has 0 saturated heterocycles. The molecule has 1 aromatic rings. The summed E-state index contributed by atoms with van der Waals surface area (Å²) in [6, 6.07) is 1.85. The normalized spacial score (nSPS) is 13.7. The Morgan fingerprint density at radius 2 is 2.00 bits per heavy atom. The summed E-state index contributed by atoms with van der Waals surface area (Å²) in [6.45, 7) is 4.35. The summed E-state index contributed by atoms with van der Waals surface area (Å²) in [5.74, 6) is 0.415. The first-order valence-corrected chi connectivity index (χ1v) is 8.34. The molecule has 0 saturated carbocycles. The van der Waals surface area contributed by atoms with E-state index in [1.54, 1.807) is 0 Å². The van der Waals surface area contributed by atoms with E-state index in [0.29, 0.717) is 13.0 Å². The molecular formula is C13H23NO3S. The van der Waals surface area contributed by atoms with Crippen molar-refractivity contribution in [1.29, 1.82) is 0 Å². The van der Waals surface area contributed by atoms with E-state index >= 15 is 0 Å². The summed E-state index contributed by atoms with van der Waals surface area (Å²) in [5.41, 5.74) is 0.865. The van der Waals surface area contributed by atoms with Gasteiger partial charge >= 0.3 is 0 Å². The highest BCUT2D eigenvalue weighted by Gasteiger charge is 2.11. The zero-order valence-corrected chi connectivity index (χ0v) is 12.0. The Morgan fingerprint density at radius 3 is 2.61 bits per heavy atom. The first-order valence-electron chi connectivity index (χ1n) is 6.52. The number of rotatable bonds is 8. The van der Waals surface area contributed by atoms with E-state index in [2.05, 4.69) is 0 Å². The molecule has 1 rings (SSSR count). The predicted molar refractivity (Wildman–Crippen MR) is 73.2 cm³/mol. The Balaban J connectivity index is 2.54. The smallest absolute Gasteiger partial charge is 0.152 e. The molecule has 0 fully saturated rings. The van der Waals surface area contributed by atoms with Gasteiger partial charge in [-0.25, -0.2) is 8.42 Å². The predicted octanol–water partition coefficient (Wildman–Crippen LogP) is 2.15. The molecule has 5 heteroatoms. The maximum Gasteiger partial charge on any atom is 0.152 e. The van der Waals surface area contributed by atoms with Gasteiger partial charge in [0.1, 0.15) is 0 Å². The molecule has 0 aliphatic carbocycles. The van der Waals surface area contributed by atoms with Gasteiger partial charge in [-0.1, -0.05) is 20.3 Å². The second-order valence-corrected chi connectivity index (χ2v) is 6.94. The van der Waals surface area contributed by atoms with Gasteiger partial charge in [-0.3, -0.25) is 0 Å². The zero-order chi connectivity index (χ0) is 13.6. The number of aliphatic hydroxyl groups is 1. The van der Waals surface area contributed by atoms with Crippen molar-refractivity contribution in [2.24, 2.45) is 0 Å². The third-order valence-corrected chi connectivity index (χ3v) is 4.73. The maximum absolute atomic E-state index is 11.6. The van der Waals surface area contributed by atoms with E-state index in [0.717, 1.165) is 18.4 Å². The second kappa shape index (κ2) is 6.95. The van der Waals surface area contributed by atoms with Crippen LogP contribution in [-0.2, 0) is 16.4 Å². The van der Waals surface area contributed by atoms with Crippen LogP contribution in [0.1, 0.15) is 44.8 Å². The Labute approximate surface area is 110 Å². The Morgan fingerprint density at radius 1 is 1.28 bits per heavy atom. The second-order valence-electron chi connectivity index (χ2n) is 4.64. The molecule has 1 atom stereocenters. The standard InChI is InChI=1S/C13H23NO3S/c1-3-5-13(15)12-6-7-14(11-12)8-10-18(16,17)9-4-2/h6-7,11,13,15H,3-5,8-10H2,1-2H3. The molecule has 0 radical (unpaired) electrons. The molecule has 1 heterocycles. The third-order valence-electron chi connectivity index (χ3n) is 2.90. The average Bonchev–Trinajstić information content (AvgIpc) is 2.75. The van der Waals surface area contributed by atoms with Crippen molar-refractivity contribution in [3.8, 4) is 0 Å². The highest BCUT2D eigenvalue weighted by atomic mass is 32.2. The number of nitrogens with zero attached hydrogens (tertiary/aromatic N) is 1. The number of aliphatic hydroxyl groups excluding tert-OH is 1. The lowest BCUT2D eigenvalue weighted by atomic mass is 10.1. The van der Waals surface area contributed by atoms with Crippen LogP contribution in [0.15, 0.2) is 18.5 Å². The van der Waals surface area contributed by atoms with Gasteiger partial charge in [-0.05, 0) is 24.5 Å². The van der Waals surface area contributed by atoms with Crippen molar-refractivity contribution in [2.75, 3.05) is 11.5 Å². The molecule has 1 unspecified atom stereocenters. The van der Waals surface area contributed by atoms with E-state index in [4.69, 9.17) is 0 Å². The van der Waals surface area contributed by atoms with Gasteiger partial charge in [0.25, 0.3) is 0 Å². The highest BCUT2D eigenvalue weighted by Crippen LogP contribution is 2.18. The van der Waals surface area contributed by atoms with Crippen molar-refractivity contribution >= 4 is 9.84 Å². The van der Waals surface area contributed by atoms with E-state index in [9.17, 15) is 13.5 Å². The third kappa shape index (κ3) is 4.82. The van der Waals surface area contributed by atoms with Crippen LogP contribution >= 0.6 is 0 Å². The zero-order valence-electron chi connectivity index (χ0n) is 11.2. The Hall–Kier alpha value is -0.810. The quantitative estimate of drug-likeness (QED) is 0.789. The highest BCUT2D eigenvalue weighted by molar-refractivity contribution is 7.91. The monoisotopic (exact) mass is 273 g/mol. The summed E-state index contributed by atoms with van der Waals surface area (Å²) < 4.78 is 25.0. The molecule has 0 aliphatic heterocycles. The first-order chi connectivity index (χ1) is 8.48. The topological polar surface area (TPSA) is 59.3 Å². The molecule has 1 N–H and O–H groups in total. The lowest BCUT2D eigenvalue weighted by Gasteiger charge is -2.07. The van der Waals surface area contributed by atoms with E-state index in [1.165, 1.54) is 0 Å². The fraction of sp³-hybridized carbons (Fsp3) is 0.692. The molecule has 0 bridgehead atoms. The van der Waals surface area contributed by atoms with Crippen molar-refractivity contribution in [2.45, 2.75) is 45.8 Å². The molecule has 1 aromatic heterocycles. The minimum Gasteiger partial charge on any atom is -0.388 e. The molecule has 18 heavy (non-hydrogen) atoms. The summed E-state index contributed by atoms with van der Waals surface area (Å²) in [4.78, 5) is 0. The van der Waals surface area contributed by atoms with Crippen molar-refractivity contribution in [1.82, 2.24) is 4.57 Å². The van der Waals surface area contributed by atoms with Crippen LogP contribution in [0.4, 0.5) is 0 Å². The summed E-state index contributed by atoms with van der Waals surface area (Å²) in [6.07, 6.45) is 5.55. The van der Waals surface area contributed by atoms with E-state index < -0.39 is 15.9 Å². The molecule has 4 nitrogen and oxygen atoms in total. The fourth-order valence-corrected chi connectivity index (χ4v) is 3.21. The van der Waals surface area contributed by atoms with Crippen molar-refractivity contribution < 1.29 is 13.5 Å². The largest absolute Gasteiger partial charge is 0.388 e. The fourth-order valence-electron chi connectivity index (χ4n) is 1.89. The van der Waals surface area contributed by atoms with E-state index in [1.807, 2.05) is 36.9 Å². The van der Waals surface area contributed by atoms with Crippen LogP contribution in [0.5, 0.6) is 0 Å². The number of aromatic nitrogens is 1. The van der Waals surface area contributed by atoms with Crippen LogP contribution in [0.2, 0.25) is 0 Å². The summed E-state index contributed by atoms with van der Waals surface area (Å²) in [5, 5.41) is 9.81. The van der Waals surface area contributed by atoms with Gasteiger partial charge in [0, 0.05) is 24.7 Å². The Kier molecular flexibility index (Phi) is 5.88. The minimum atomic E-state index is -2.93. The van der Waals surface area contributed by atoms with E-state index in [-0.39, 0.29) is 11.5 Å². The van der Waals surface area contributed by atoms with Gasteiger partial charge in [0.2, 0.25) is 0 Å². The van der Waals surface area contributed by atoms with Crippen LogP contribution < -0.4 is 0 Å². The first kappa shape index (κ1) is 15.2. The molecule has 0 aromatic carbocycles. The number of sulfone groups is 1. The van der Waals surface area contributed by atoms with Gasteiger partial charge in [0.15, 0.2) is 9.84 Å². The van der Waals surface area contributed by atoms with Gasteiger partial charge < -0.3 is 9.67 Å². The lowest BCUT2D eigenvalue weighted by molar-refractivity contribution is 0.166. The number of hydrogen-bond acceptors (Lipinski definition) is 3. The van der Waals surface area contributed by atoms with Crippen molar-refractivity contribution in [3.05, 3.63) is 24.0 Å². The summed E-state index contributed by atoms with van der Waals surface area (Å²) in [7, 11) is -2.93. The summed E-state index contributed by atoms with van der Waals surface area (Å²) >= 11 is 0. The van der Waals surface area contributed by atoms with Crippen LogP contribution in [0, 0.1) is 0 Å². The SMILES string of the molecule is CCCC(O)c1ccn(CCS(=O)(=O)CCC)c1. The maximum atomic E-state index is 11.6. The molecule has 0 aliphatic rings. The number of hydrogen-bond donors (Lipinski definition) is 1. The van der Waals surface area contributed by atoms with Gasteiger partial charge in [-0.15, -0.1) is 0 Å². The number of aryl methyl sites for hydroxylation is 1. The van der Waals surface area contributed by atoms with Gasteiger partial charge in [0.05, 0.1) is 11.9 Å². The Bertz CT molecular complexity index is 451. The molecule has 0 spiro atoms. The molecule has 104 valence electrons. The van der Waals surface area contributed by atoms with Crippen LogP contribution in [0.25, 0.3) is 0 Å². The van der Waals surface area contributed by atoms with Crippen molar-refractivity contribution in [3.63, 3.8) is 0 Å². The van der Waals surface area contributed by atoms with Crippen LogP contribution in [-0.4, -0.2) is 29.6 Å².